The van der Waals surface area contributed by atoms with Crippen molar-refractivity contribution in [2.24, 2.45) is 0 Å². The summed E-state index contributed by atoms with van der Waals surface area (Å²) in [5.41, 5.74) is 4.04. The lowest BCUT2D eigenvalue weighted by Gasteiger charge is -2.06. The molecule has 0 heterocycles. The van der Waals surface area contributed by atoms with Crippen molar-refractivity contribution < 1.29 is 0 Å². The van der Waals surface area contributed by atoms with Gasteiger partial charge >= 0.3 is 0 Å². The first-order chi connectivity index (χ1) is 6.26. The Labute approximate surface area is 80.4 Å². The molecule has 0 aromatic heterocycles. The second-order valence-corrected chi connectivity index (χ2v) is 3.39. The molecular weight excluding hydrogens is 160 g/mol. The van der Waals surface area contributed by atoms with Crippen molar-refractivity contribution in [3.05, 3.63) is 34.9 Å². The number of hydrogen-bond donors (Lipinski definition) is 2. The van der Waals surface area contributed by atoms with Crippen LogP contribution >= 0.6 is 0 Å². The van der Waals surface area contributed by atoms with E-state index in [9.17, 15) is 0 Å². The van der Waals surface area contributed by atoms with E-state index in [0.717, 1.165) is 13.1 Å². The van der Waals surface area contributed by atoms with E-state index in [-0.39, 0.29) is 0 Å². The predicted octanol–water partition coefficient (Wildman–Crippen LogP) is 1.43. The molecule has 0 aliphatic carbocycles. The fourth-order valence-corrected chi connectivity index (χ4v) is 1.56. The maximum absolute atomic E-state index is 3.16. The molecule has 2 heteroatoms. The van der Waals surface area contributed by atoms with Crippen LogP contribution in [-0.4, -0.2) is 14.1 Å². The average molecular weight is 178 g/mol. The van der Waals surface area contributed by atoms with E-state index in [2.05, 4.69) is 35.8 Å². The summed E-state index contributed by atoms with van der Waals surface area (Å²) in [6.07, 6.45) is 0. The summed E-state index contributed by atoms with van der Waals surface area (Å²) < 4.78 is 0. The van der Waals surface area contributed by atoms with Crippen LogP contribution < -0.4 is 10.6 Å². The third-order valence-corrected chi connectivity index (χ3v) is 1.96. The summed E-state index contributed by atoms with van der Waals surface area (Å²) in [5, 5.41) is 6.32. The molecule has 1 aromatic carbocycles. The van der Waals surface area contributed by atoms with E-state index >= 15 is 0 Å². The zero-order valence-corrected chi connectivity index (χ0v) is 8.65. The molecule has 0 atom stereocenters. The smallest absolute Gasteiger partial charge is 0.0202 e. The van der Waals surface area contributed by atoms with Gasteiger partial charge in [0, 0.05) is 13.1 Å². The van der Waals surface area contributed by atoms with Gasteiger partial charge in [-0.3, -0.25) is 0 Å². The topological polar surface area (TPSA) is 24.1 Å². The van der Waals surface area contributed by atoms with Crippen LogP contribution in [0.4, 0.5) is 0 Å². The van der Waals surface area contributed by atoms with Gasteiger partial charge in [0.2, 0.25) is 0 Å². The minimum atomic E-state index is 0.943. The molecule has 0 spiro atoms. The van der Waals surface area contributed by atoms with Crippen LogP contribution in [0.1, 0.15) is 16.7 Å². The molecule has 0 saturated carbocycles. The molecular formula is C11H18N2. The van der Waals surface area contributed by atoms with Gasteiger partial charge in [0.25, 0.3) is 0 Å². The maximum atomic E-state index is 3.16. The fourth-order valence-electron chi connectivity index (χ4n) is 1.56. The van der Waals surface area contributed by atoms with Crippen LogP contribution in [0.3, 0.4) is 0 Å². The summed E-state index contributed by atoms with van der Waals surface area (Å²) >= 11 is 0. The van der Waals surface area contributed by atoms with E-state index in [1.54, 1.807) is 0 Å². The molecule has 0 bridgehead atoms. The zero-order valence-electron chi connectivity index (χ0n) is 8.65. The van der Waals surface area contributed by atoms with Crippen LogP contribution in [0.25, 0.3) is 0 Å². The minimum absolute atomic E-state index is 0.943. The quantitative estimate of drug-likeness (QED) is 0.729. The fraction of sp³-hybridized carbons (Fsp3) is 0.455. The molecule has 72 valence electrons. The van der Waals surface area contributed by atoms with E-state index in [0.29, 0.717) is 0 Å². The van der Waals surface area contributed by atoms with E-state index in [1.807, 2.05) is 14.1 Å². The van der Waals surface area contributed by atoms with Crippen molar-refractivity contribution in [2.45, 2.75) is 20.0 Å². The summed E-state index contributed by atoms with van der Waals surface area (Å²) in [6, 6.07) is 6.67. The second kappa shape index (κ2) is 5.00. The average Bonchev–Trinajstić information content (AvgIpc) is 2.04. The summed E-state index contributed by atoms with van der Waals surface area (Å²) in [7, 11) is 3.94. The van der Waals surface area contributed by atoms with Crippen LogP contribution in [0.15, 0.2) is 18.2 Å². The molecule has 2 nitrogen and oxygen atoms in total. The Balaban J connectivity index is 2.83. The summed E-state index contributed by atoms with van der Waals surface area (Å²) in [4.78, 5) is 0. The Bertz CT molecular complexity index is 245. The monoisotopic (exact) mass is 178 g/mol. The highest BCUT2D eigenvalue weighted by atomic mass is 14.8. The first kappa shape index (κ1) is 10.2. The molecule has 1 aromatic rings. The van der Waals surface area contributed by atoms with Crippen LogP contribution in [-0.2, 0) is 13.1 Å². The molecule has 13 heavy (non-hydrogen) atoms. The van der Waals surface area contributed by atoms with E-state index < -0.39 is 0 Å². The van der Waals surface area contributed by atoms with Gasteiger partial charge in [0.05, 0.1) is 0 Å². The van der Waals surface area contributed by atoms with Gasteiger partial charge in [-0.1, -0.05) is 23.8 Å². The Morgan fingerprint density at radius 1 is 0.923 bits per heavy atom. The van der Waals surface area contributed by atoms with Crippen molar-refractivity contribution in [3.8, 4) is 0 Å². The highest BCUT2D eigenvalue weighted by Crippen LogP contribution is 2.09. The minimum Gasteiger partial charge on any atom is -0.316 e. The van der Waals surface area contributed by atoms with Crippen LogP contribution in [0, 0.1) is 6.92 Å². The molecule has 0 aliphatic rings. The number of aryl methyl sites for hydroxylation is 1. The predicted molar refractivity (Wildman–Crippen MR) is 56.7 cm³/mol. The Kier molecular flexibility index (Phi) is 3.93. The summed E-state index contributed by atoms with van der Waals surface area (Å²) in [6.45, 7) is 4.02. The number of hydrogen-bond acceptors (Lipinski definition) is 2. The van der Waals surface area contributed by atoms with Crippen molar-refractivity contribution in [1.29, 1.82) is 0 Å². The van der Waals surface area contributed by atoms with Crippen molar-refractivity contribution in [3.63, 3.8) is 0 Å². The molecule has 0 unspecified atom stereocenters. The second-order valence-electron chi connectivity index (χ2n) is 3.39. The summed E-state index contributed by atoms with van der Waals surface area (Å²) in [5.74, 6) is 0. The molecule has 0 amide bonds. The van der Waals surface area contributed by atoms with Gasteiger partial charge in [-0.2, -0.15) is 0 Å². The van der Waals surface area contributed by atoms with Crippen molar-refractivity contribution in [1.82, 2.24) is 10.6 Å². The van der Waals surface area contributed by atoms with Gasteiger partial charge in [-0.25, -0.2) is 0 Å². The lowest BCUT2D eigenvalue weighted by atomic mass is 10.1. The van der Waals surface area contributed by atoms with Gasteiger partial charge in [0.1, 0.15) is 0 Å². The third kappa shape index (κ3) is 3.17. The lowest BCUT2D eigenvalue weighted by Crippen LogP contribution is -2.08. The molecule has 2 N–H and O–H groups in total. The van der Waals surface area contributed by atoms with Crippen LogP contribution in [0.5, 0.6) is 0 Å². The van der Waals surface area contributed by atoms with E-state index in [4.69, 9.17) is 0 Å². The zero-order chi connectivity index (χ0) is 9.68. The maximum Gasteiger partial charge on any atom is 0.0202 e. The first-order valence-electron chi connectivity index (χ1n) is 4.65. The molecule has 0 aliphatic heterocycles. The lowest BCUT2D eigenvalue weighted by molar-refractivity contribution is 0.795. The largest absolute Gasteiger partial charge is 0.316 e. The van der Waals surface area contributed by atoms with Gasteiger partial charge in [-0.05, 0) is 32.1 Å². The normalized spacial score (nSPS) is 10.4. The molecule has 0 fully saturated rings. The Hall–Kier alpha value is -0.860. The third-order valence-electron chi connectivity index (χ3n) is 1.96. The standard InChI is InChI=1S/C11H18N2/c1-9-4-10(7-12-2)6-11(5-9)8-13-3/h4-6,12-13H,7-8H2,1-3H3. The van der Waals surface area contributed by atoms with Gasteiger partial charge in [0.15, 0.2) is 0 Å². The van der Waals surface area contributed by atoms with E-state index in [1.165, 1.54) is 16.7 Å². The Morgan fingerprint density at radius 2 is 1.38 bits per heavy atom. The molecule has 1 rings (SSSR count). The first-order valence-corrected chi connectivity index (χ1v) is 4.65. The Morgan fingerprint density at radius 3 is 1.77 bits per heavy atom. The SMILES string of the molecule is CNCc1cc(C)cc(CNC)c1. The van der Waals surface area contributed by atoms with Gasteiger partial charge in [-0.15, -0.1) is 0 Å². The molecule has 0 radical (unpaired) electrons. The highest BCUT2D eigenvalue weighted by Gasteiger charge is 1.96. The highest BCUT2D eigenvalue weighted by molar-refractivity contribution is 5.29. The molecule has 0 saturated heterocycles. The van der Waals surface area contributed by atoms with Crippen LogP contribution in [0.2, 0.25) is 0 Å². The number of benzene rings is 1. The number of rotatable bonds is 4. The number of nitrogens with one attached hydrogen (secondary N) is 2. The van der Waals surface area contributed by atoms with Crippen molar-refractivity contribution in [2.75, 3.05) is 14.1 Å². The van der Waals surface area contributed by atoms with Crippen molar-refractivity contribution >= 4 is 0 Å². The van der Waals surface area contributed by atoms with Gasteiger partial charge < -0.3 is 10.6 Å².